The zero-order valence-electron chi connectivity index (χ0n) is 17.6. The lowest BCUT2D eigenvalue weighted by Crippen LogP contribution is -2.52. The molecule has 3 aromatic rings. The highest BCUT2D eigenvalue weighted by Gasteiger charge is 2.44. The van der Waals surface area contributed by atoms with Crippen LogP contribution in [0, 0.1) is 5.41 Å². The minimum absolute atomic E-state index is 0.144. The van der Waals surface area contributed by atoms with Crippen molar-refractivity contribution in [1.29, 1.82) is 0 Å². The molecule has 0 aliphatic heterocycles. The maximum Gasteiger partial charge on any atom is 0.328 e. The average Bonchev–Trinajstić information content (AvgIpc) is 3.09. The van der Waals surface area contributed by atoms with Gasteiger partial charge >= 0.3 is 5.97 Å². The summed E-state index contributed by atoms with van der Waals surface area (Å²) in [5.41, 5.74) is 0.931. The molecule has 6 nitrogen and oxygen atoms in total. The van der Waals surface area contributed by atoms with Gasteiger partial charge < -0.3 is 10.1 Å². The molecule has 0 saturated carbocycles. The van der Waals surface area contributed by atoms with Crippen LogP contribution < -0.4 is 4.31 Å². The number of hydrogen-bond acceptors (Lipinski definition) is 3. The Balaban J connectivity index is 2.39. The number of aromatic amines is 1. The topological polar surface area (TPSA) is 90.5 Å². The first-order chi connectivity index (χ1) is 14.4. The summed E-state index contributed by atoms with van der Waals surface area (Å²) < 4.78 is 28.8. The van der Waals surface area contributed by atoms with Crippen LogP contribution in [0.5, 0.6) is 0 Å². The SMILES string of the molecule is CCc1cc2[nH]ccc2cc1N(C(C(=O)O)C(C)(C)C)S(=O)(=O)c1cc(Cl)cc(Cl)c1. The summed E-state index contributed by atoms with van der Waals surface area (Å²) in [6, 6.07) is 7.96. The predicted molar refractivity (Wildman–Crippen MR) is 125 cm³/mol. The standard InChI is InChI=1S/C22H24Cl2N2O4S/c1-5-13-8-18-14(6-7-25-18)9-19(13)26(20(21(27)28)22(2,3)4)31(29,30)17-11-15(23)10-16(24)12-17/h6-12,20,25H,5H2,1-4H3,(H,27,28). The zero-order valence-corrected chi connectivity index (χ0v) is 19.9. The Kier molecular flexibility index (Phi) is 6.33. The number of nitrogens with one attached hydrogen (secondary N) is 1. The zero-order chi connectivity index (χ0) is 23.1. The van der Waals surface area contributed by atoms with E-state index >= 15 is 0 Å². The van der Waals surface area contributed by atoms with Crippen molar-refractivity contribution in [2.24, 2.45) is 5.41 Å². The molecule has 1 aromatic heterocycles. The summed E-state index contributed by atoms with van der Waals surface area (Å²) in [5.74, 6) is -1.25. The van der Waals surface area contributed by atoms with Gasteiger partial charge in [0.15, 0.2) is 0 Å². The van der Waals surface area contributed by atoms with E-state index in [1.807, 2.05) is 19.1 Å². The summed E-state index contributed by atoms with van der Waals surface area (Å²) in [5, 5.41) is 11.2. The molecule has 166 valence electrons. The van der Waals surface area contributed by atoms with Crippen LogP contribution >= 0.6 is 23.2 Å². The number of sulfonamides is 1. The number of halogens is 2. The van der Waals surface area contributed by atoms with E-state index in [-0.39, 0.29) is 14.9 Å². The lowest BCUT2D eigenvalue weighted by Gasteiger charge is -2.38. The monoisotopic (exact) mass is 482 g/mol. The van der Waals surface area contributed by atoms with Gasteiger partial charge in [-0.3, -0.25) is 4.31 Å². The molecule has 0 aliphatic carbocycles. The summed E-state index contributed by atoms with van der Waals surface area (Å²) >= 11 is 12.1. The number of rotatable bonds is 6. The molecule has 1 unspecified atom stereocenters. The van der Waals surface area contributed by atoms with Gasteiger partial charge in [0.25, 0.3) is 10.0 Å². The highest BCUT2D eigenvalue weighted by Crippen LogP contribution is 2.39. The number of aliphatic carboxylic acids is 1. The van der Waals surface area contributed by atoms with Gasteiger partial charge in [-0.1, -0.05) is 50.9 Å². The minimum Gasteiger partial charge on any atom is -0.480 e. The van der Waals surface area contributed by atoms with Crippen LogP contribution in [-0.2, 0) is 21.2 Å². The number of benzene rings is 2. The number of anilines is 1. The first kappa shape index (κ1) is 23.4. The second-order valence-electron chi connectivity index (χ2n) is 8.41. The van der Waals surface area contributed by atoms with Gasteiger partial charge in [0.1, 0.15) is 6.04 Å². The third-order valence-corrected chi connectivity index (χ3v) is 7.25. The summed E-state index contributed by atoms with van der Waals surface area (Å²) in [6.07, 6.45) is 2.25. The predicted octanol–water partition coefficient (Wildman–Crippen LogP) is 5.73. The van der Waals surface area contributed by atoms with Gasteiger partial charge in [0.2, 0.25) is 0 Å². The van der Waals surface area contributed by atoms with Gasteiger partial charge in [-0.15, -0.1) is 0 Å². The number of H-pyrrole nitrogens is 1. The van der Waals surface area contributed by atoms with Crippen LogP contribution in [0.2, 0.25) is 10.0 Å². The highest BCUT2D eigenvalue weighted by atomic mass is 35.5. The van der Waals surface area contributed by atoms with Crippen molar-refractivity contribution >= 4 is 55.8 Å². The van der Waals surface area contributed by atoms with E-state index in [0.717, 1.165) is 15.2 Å². The number of hydrogen-bond donors (Lipinski definition) is 2. The molecule has 0 amide bonds. The lowest BCUT2D eigenvalue weighted by molar-refractivity contribution is -0.140. The van der Waals surface area contributed by atoms with Crippen LogP contribution in [0.25, 0.3) is 10.9 Å². The number of carbonyl (C=O) groups is 1. The fourth-order valence-corrected chi connectivity index (χ4v) is 6.19. The maximum absolute atomic E-state index is 13.9. The molecule has 1 heterocycles. The maximum atomic E-state index is 13.9. The molecule has 2 aromatic carbocycles. The van der Waals surface area contributed by atoms with Crippen molar-refractivity contribution in [3.05, 3.63) is 58.2 Å². The third-order valence-electron chi connectivity index (χ3n) is 5.05. The normalized spacial score (nSPS) is 13.4. The number of carboxylic acids is 1. The van der Waals surface area contributed by atoms with Crippen LogP contribution in [0.1, 0.15) is 33.3 Å². The van der Waals surface area contributed by atoms with Crippen molar-refractivity contribution in [2.45, 2.75) is 45.1 Å². The van der Waals surface area contributed by atoms with Gasteiger partial charge in [-0.05, 0) is 53.8 Å². The number of aryl methyl sites for hydroxylation is 1. The summed E-state index contributed by atoms with van der Waals surface area (Å²) in [7, 11) is -4.34. The molecular formula is C22H24Cl2N2O4S. The van der Waals surface area contributed by atoms with Gasteiger partial charge in [-0.2, -0.15) is 0 Å². The average molecular weight is 483 g/mol. The van der Waals surface area contributed by atoms with Gasteiger partial charge in [0.05, 0.1) is 10.6 Å². The van der Waals surface area contributed by atoms with E-state index in [4.69, 9.17) is 23.2 Å². The van der Waals surface area contributed by atoms with Crippen LogP contribution in [0.15, 0.2) is 47.5 Å². The van der Waals surface area contributed by atoms with Crippen molar-refractivity contribution in [1.82, 2.24) is 4.98 Å². The molecule has 9 heteroatoms. The molecule has 0 fully saturated rings. The fourth-order valence-electron chi connectivity index (χ4n) is 3.64. The van der Waals surface area contributed by atoms with Crippen molar-refractivity contribution in [3.8, 4) is 0 Å². The van der Waals surface area contributed by atoms with Crippen LogP contribution in [-0.4, -0.2) is 30.5 Å². The smallest absolute Gasteiger partial charge is 0.328 e. The number of fused-ring (bicyclic) bond motifs is 1. The van der Waals surface area contributed by atoms with Crippen LogP contribution in [0.3, 0.4) is 0 Å². The quantitative estimate of drug-likeness (QED) is 0.469. The van der Waals surface area contributed by atoms with Crippen LogP contribution in [0.4, 0.5) is 5.69 Å². The molecular weight excluding hydrogens is 459 g/mol. The first-order valence-electron chi connectivity index (χ1n) is 9.69. The molecule has 0 bridgehead atoms. The second-order valence-corrected chi connectivity index (χ2v) is 11.1. The molecule has 0 aliphatic rings. The van der Waals surface area contributed by atoms with Gasteiger partial charge in [0, 0.05) is 27.1 Å². The highest BCUT2D eigenvalue weighted by molar-refractivity contribution is 7.93. The summed E-state index contributed by atoms with van der Waals surface area (Å²) in [4.78, 5) is 15.4. The molecule has 31 heavy (non-hydrogen) atoms. The number of aromatic nitrogens is 1. The molecule has 3 rings (SSSR count). The number of nitrogens with zero attached hydrogens (tertiary/aromatic N) is 1. The fraction of sp³-hybridized carbons (Fsp3) is 0.318. The van der Waals surface area contributed by atoms with Crippen molar-refractivity contribution in [2.75, 3.05) is 4.31 Å². The molecule has 0 spiro atoms. The van der Waals surface area contributed by atoms with E-state index < -0.39 is 27.4 Å². The number of carboxylic acid groups (broad SMARTS) is 1. The molecule has 0 radical (unpaired) electrons. The Morgan fingerprint density at radius 1 is 1.13 bits per heavy atom. The largest absolute Gasteiger partial charge is 0.480 e. The minimum atomic E-state index is -4.34. The Bertz CT molecular complexity index is 1230. The third kappa shape index (κ3) is 4.54. The molecule has 1 atom stereocenters. The second kappa shape index (κ2) is 8.37. The van der Waals surface area contributed by atoms with E-state index in [2.05, 4.69) is 4.98 Å². The Labute approximate surface area is 191 Å². The molecule has 2 N–H and O–H groups in total. The van der Waals surface area contributed by atoms with Crippen molar-refractivity contribution < 1.29 is 18.3 Å². The molecule has 0 saturated heterocycles. The van der Waals surface area contributed by atoms with Crippen molar-refractivity contribution in [3.63, 3.8) is 0 Å². The van der Waals surface area contributed by atoms with E-state index in [1.165, 1.54) is 18.2 Å². The van der Waals surface area contributed by atoms with E-state index in [1.54, 1.807) is 33.0 Å². The Hall–Kier alpha value is -2.22. The lowest BCUT2D eigenvalue weighted by atomic mass is 9.86. The Morgan fingerprint density at radius 2 is 1.74 bits per heavy atom. The summed E-state index contributed by atoms with van der Waals surface area (Å²) in [6.45, 7) is 6.97. The first-order valence-corrected chi connectivity index (χ1v) is 11.9. The Morgan fingerprint density at radius 3 is 2.26 bits per heavy atom. The van der Waals surface area contributed by atoms with E-state index in [9.17, 15) is 18.3 Å². The van der Waals surface area contributed by atoms with E-state index in [0.29, 0.717) is 17.7 Å². The van der Waals surface area contributed by atoms with Gasteiger partial charge in [-0.25, -0.2) is 13.2 Å².